The van der Waals surface area contributed by atoms with Crippen LogP contribution in [0.3, 0.4) is 0 Å². The Bertz CT molecular complexity index is 1140. The lowest BCUT2D eigenvalue weighted by Crippen LogP contribution is -2.23. The van der Waals surface area contributed by atoms with Gasteiger partial charge in [0, 0.05) is 24.1 Å². The van der Waals surface area contributed by atoms with Gasteiger partial charge in [-0.15, -0.1) is 0 Å². The molecule has 2 heterocycles. The Hall–Kier alpha value is -3.35. The van der Waals surface area contributed by atoms with Gasteiger partial charge in [0.15, 0.2) is 0 Å². The molecule has 150 valence electrons. The summed E-state index contributed by atoms with van der Waals surface area (Å²) in [5, 5.41) is 4.91. The van der Waals surface area contributed by atoms with Crippen molar-refractivity contribution in [2.75, 3.05) is 12.0 Å². The number of aromatic nitrogens is 2. The fourth-order valence-corrected chi connectivity index (χ4v) is 3.54. The second-order valence-corrected chi connectivity index (χ2v) is 6.94. The summed E-state index contributed by atoms with van der Waals surface area (Å²) in [6, 6.07) is 11.2. The number of hydrogen-bond donors (Lipinski definition) is 1. The molecule has 2 aromatic carbocycles. The van der Waals surface area contributed by atoms with Crippen LogP contribution in [0.5, 0.6) is 11.5 Å². The van der Waals surface area contributed by atoms with Crippen LogP contribution in [-0.2, 0) is 13.0 Å². The predicted octanol–water partition coefficient (Wildman–Crippen LogP) is 3.58. The molecule has 1 aliphatic rings. The molecule has 0 saturated heterocycles. The molecule has 0 saturated carbocycles. The summed E-state index contributed by atoms with van der Waals surface area (Å²) in [4.78, 5) is 17.3. The predicted molar refractivity (Wildman–Crippen MR) is 114 cm³/mol. The molecule has 1 aromatic heterocycles. The first kappa shape index (κ1) is 19.0. The van der Waals surface area contributed by atoms with E-state index in [1.165, 1.54) is 0 Å². The highest BCUT2D eigenvalue weighted by molar-refractivity contribution is 5.85. The Morgan fingerprint density at radius 2 is 2.17 bits per heavy atom. The number of ether oxygens (including phenoxy) is 2. The van der Waals surface area contributed by atoms with Crippen LogP contribution in [0.1, 0.15) is 31.9 Å². The van der Waals surface area contributed by atoms with Gasteiger partial charge in [0.2, 0.25) is 5.95 Å². The van der Waals surface area contributed by atoms with Crippen molar-refractivity contribution in [1.82, 2.24) is 9.55 Å². The van der Waals surface area contributed by atoms with Crippen LogP contribution >= 0.6 is 0 Å². The monoisotopic (exact) mass is 392 g/mol. The van der Waals surface area contributed by atoms with Crippen molar-refractivity contribution in [2.45, 2.75) is 39.8 Å². The van der Waals surface area contributed by atoms with Gasteiger partial charge in [-0.2, -0.15) is 5.10 Å². The van der Waals surface area contributed by atoms with Crippen LogP contribution in [0.25, 0.3) is 10.9 Å². The summed E-state index contributed by atoms with van der Waals surface area (Å²) >= 11 is 0. The van der Waals surface area contributed by atoms with Gasteiger partial charge in [0.1, 0.15) is 17.6 Å². The van der Waals surface area contributed by atoms with Gasteiger partial charge < -0.3 is 9.47 Å². The molecule has 0 spiro atoms. The number of hydrazone groups is 1. The van der Waals surface area contributed by atoms with Gasteiger partial charge in [-0.25, -0.2) is 10.4 Å². The van der Waals surface area contributed by atoms with Crippen molar-refractivity contribution in [1.29, 1.82) is 0 Å². The minimum Gasteiger partial charge on any atom is -0.493 e. The SMILES string of the molecule is CCOc1cc2c(cc1/C=N\Nc1nc3ccccc3c(=O)n1CC)O[C@H](C)C2. The van der Waals surface area contributed by atoms with E-state index in [4.69, 9.17) is 9.47 Å². The van der Waals surface area contributed by atoms with Gasteiger partial charge in [-0.05, 0) is 45.0 Å². The van der Waals surface area contributed by atoms with Crippen LogP contribution in [0.2, 0.25) is 0 Å². The molecule has 0 fully saturated rings. The summed E-state index contributed by atoms with van der Waals surface area (Å²) in [7, 11) is 0. The number of hydrogen-bond acceptors (Lipinski definition) is 6. The fraction of sp³-hybridized carbons (Fsp3) is 0.318. The van der Waals surface area contributed by atoms with Crippen LogP contribution in [0.15, 0.2) is 46.3 Å². The van der Waals surface area contributed by atoms with E-state index in [1.54, 1.807) is 16.8 Å². The first-order valence-electron chi connectivity index (χ1n) is 9.85. The summed E-state index contributed by atoms with van der Waals surface area (Å²) in [6.07, 6.45) is 2.69. The van der Waals surface area contributed by atoms with E-state index in [9.17, 15) is 4.79 Å². The van der Waals surface area contributed by atoms with E-state index in [1.807, 2.05) is 51.1 Å². The van der Waals surface area contributed by atoms with E-state index in [2.05, 4.69) is 15.5 Å². The zero-order valence-corrected chi connectivity index (χ0v) is 16.8. The van der Waals surface area contributed by atoms with Crippen molar-refractivity contribution in [3.63, 3.8) is 0 Å². The highest BCUT2D eigenvalue weighted by atomic mass is 16.5. The number of para-hydroxylation sites is 1. The molecule has 0 amide bonds. The summed E-state index contributed by atoms with van der Waals surface area (Å²) in [5.74, 6) is 2.02. The molecule has 0 radical (unpaired) electrons. The zero-order valence-electron chi connectivity index (χ0n) is 16.8. The van der Waals surface area contributed by atoms with Crippen LogP contribution < -0.4 is 20.5 Å². The smallest absolute Gasteiger partial charge is 0.262 e. The molecular weight excluding hydrogens is 368 g/mol. The molecule has 3 aromatic rings. The molecule has 0 aliphatic carbocycles. The maximum absolute atomic E-state index is 12.7. The number of nitrogens with zero attached hydrogens (tertiary/aromatic N) is 3. The Labute approximate surface area is 169 Å². The van der Waals surface area contributed by atoms with E-state index < -0.39 is 0 Å². The molecule has 1 N–H and O–H groups in total. The van der Waals surface area contributed by atoms with Crippen molar-refractivity contribution >= 4 is 23.1 Å². The van der Waals surface area contributed by atoms with Crippen molar-refractivity contribution in [2.24, 2.45) is 5.10 Å². The fourth-order valence-electron chi connectivity index (χ4n) is 3.54. The summed E-state index contributed by atoms with van der Waals surface area (Å²) < 4.78 is 13.2. The minimum absolute atomic E-state index is 0.0919. The largest absolute Gasteiger partial charge is 0.493 e. The molecule has 0 bridgehead atoms. The lowest BCUT2D eigenvalue weighted by atomic mass is 10.1. The number of benzene rings is 2. The Morgan fingerprint density at radius 3 is 2.97 bits per heavy atom. The first-order chi connectivity index (χ1) is 14.1. The molecule has 4 rings (SSSR count). The second-order valence-electron chi connectivity index (χ2n) is 6.94. The molecule has 7 heteroatoms. The standard InChI is InChI=1S/C22H24N4O3/c1-4-26-21(27)17-8-6-7-9-18(17)24-22(26)25-23-13-16-12-20-15(10-14(3)29-20)11-19(16)28-5-2/h6-9,11-14H,4-5,10H2,1-3H3,(H,24,25)/b23-13-/t14-/m1/s1. The molecular formula is C22H24N4O3. The molecule has 1 aliphatic heterocycles. The Kier molecular flexibility index (Phi) is 5.20. The molecule has 7 nitrogen and oxygen atoms in total. The normalized spacial score (nSPS) is 15.5. The zero-order chi connectivity index (χ0) is 20.4. The van der Waals surface area contributed by atoms with Crippen molar-refractivity contribution in [3.05, 3.63) is 57.9 Å². The van der Waals surface area contributed by atoms with Gasteiger partial charge in [0.05, 0.1) is 23.7 Å². The van der Waals surface area contributed by atoms with Crippen LogP contribution in [-0.4, -0.2) is 28.5 Å². The minimum atomic E-state index is -0.0919. The average molecular weight is 392 g/mol. The van der Waals surface area contributed by atoms with Gasteiger partial charge in [-0.1, -0.05) is 12.1 Å². The van der Waals surface area contributed by atoms with Crippen molar-refractivity contribution < 1.29 is 9.47 Å². The number of fused-ring (bicyclic) bond motifs is 2. The molecule has 0 unspecified atom stereocenters. The first-order valence-corrected chi connectivity index (χ1v) is 9.85. The lowest BCUT2D eigenvalue weighted by molar-refractivity contribution is 0.254. The van der Waals surface area contributed by atoms with Crippen LogP contribution in [0, 0.1) is 0 Å². The quantitative estimate of drug-likeness (QED) is 0.512. The third-order valence-corrected chi connectivity index (χ3v) is 4.87. The number of nitrogens with one attached hydrogen (secondary N) is 1. The Balaban J connectivity index is 1.66. The number of anilines is 1. The maximum atomic E-state index is 12.7. The Morgan fingerprint density at radius 1 is 1.34 bits per heavy atom. The molecule has 29 heavy (non-hydrogen) atoms. The number of rotatable bonds is 6. The average Bonchev–Trinajstić information content (AvgIpc) is 3.07. The van der Waals surface area contributed by atoms with E-state index in [-0.39, 0.29) is 11.7 Å². The summed E-state index contributed by atoms with van der Waals surface area (Å²) in [5.41, 5.74) is 5.40. The summed E-state index contributed by atoms with van der Waals surface area (Å²) in [6.45, 7) is 6.95. The third-order valence-electron chi connectivity index (χ3n) is 4.87. The second kappa shape index (κ2) is 7.95. The highest BCUT2D eigenvalue weighted by Crippen LogP contribution is 2.34. The van der Waals surface area contributed by atoms with E-state index >= 15 is 0 Å². The topological polar surface area (TPSA) is 77.7 Å². The van der Waals surface area contributed by atoms with Crippen molar-refractivity contribution in [3.8, 4) is 11.5 Å². The van der Waals surface area contributed by atoms with Gasteiger partial charge >= 0.3 is 0 Å². The molecule has 1 atom stereocenters. The van der Waals surface area contributed by atoms with Crippen LogP contribution in [0.4, 0.5) is 5.95 Å². The van der Waals surface area contributed by atoms with E-state index in [0.717, 1.165) is 29.0 Å². The van der Waals surface area contributed by atoms with E-state index in [0.29, 0.717) is 30.0 Å². The highest BCUT2D eigenvalue weighted by Gasteiger charge is 2.21. The van der Waals surface area contributed by atoms with Gasteiger partial charge in [0.25, 0.3) is 5.56 Å². The third kappa shape index (κ3) is 3.68. The van der Waals surface area contributed by atoms with Gasteiger partial charge in [-0.3, -0.25) is 9.36 Å². The lowest BCUT2D eigenvalue weighted by Gasteiger charge is -2.11. The maximum Gasteiger partial charge on any atom is 0.262 e.